The highest BCUT2D eigenvalue weighted by atomic mass is 19.1. The molecule has 0 radical (unpaired) electrons. The molecule has 0 heterocycles. The van der Waals surface area contributed by atoms with Crippen LogP contribution in [0, 0.1) is 24.4 Å². The Bertz CT molecular complexity index is 594. The molecule has 0 atom stereocenters. The lowest BCUT2D eigenvalue weighted by Gasteiger charge is -2.10. The van der Waals surface area contributed by atoms with E-state index in [1.807, 2.05) is 0 Å². The first-order valence-corrected chi connectivity index (χ1v) is 5.60. The Hall–Kier alpha value is -2.17. The van der Waals surface area contributed by atoms with Gasteiger partial charge in [-0.05, 0) is 30.7 Å². The first-order valence-electron chi connectivity index (χ1n) is 5.60. The number of benzene rings is 2. The van der Waals surface area contributed by atoms with Crippen molar-refractivity contribution in [3.05, 3.63) is 58.9 Å². The number of ether oxygens (including phenoxy) is 1. The summed E-state index contributed by atoms with van der Waals surface area (Å²) in [5.41, 5.74) is 6.21. The van der Waals surface area contributed by atoms with Gasteiger partial charge in [0.1, 0.15) is 18.2 Å². The van der Waals surface area contributed by atoms with Crippen molar-refractivity contribution in [1.82, 2.24) is 0 Å². The SMILES string of the molecule is Cc1cc(OCc2c(F)cccc2F)c(F)cc1N. The number of nitrogen functional groups attached to an aromatic ring is 1. The molecule has 2 N–H and O–H groups in total. The Morgan fingerprint density at radius 3 is 2.32 bits per heavy atom. The molecule has 0 unspecified atom stereocenters. The molecule has 0 fully saturated rings. The van der Waals surface area contributed by atoms with Crippen molar-refractivity contribution in [1.29, 1.82) is 0 Å². The second-order valence-corrected chi connectivity index (χ2v) is 4.13. The largest absolute Gasteiger partial charge is 0.486 e. The van der Waals surface area contributed by atoms with Crippen molar-refractivity contribution in [2.24, 2.45) is 0 Å². The number of aryl methyl sites for hydroxylation is 1. The predicted octanol–water partition coefficient (Wildman–Crippen LogP) is 3.57. The Morgan fingerprint density at radius 2 is 1.68 bits per heavy atom. The third-order valence-electron chi connectivity index (χ3n) is 2.75. The van der Waals surface area contributed by atoms with Crippen molar-refractivity contribution in [2.75, 3.05) is 5.73 Å². The van der Waals surface area contributed by atoms with E-state index in [0.717, 1.165) is 18.2 Å². The van der Waals surface area contributed by atoms with Gasteiger partial charge in [-0.1, -0.05) is 6.07 Å². The zero-order valence-electron chi connectivity index (χ0n) is 10.2. The van der Waals surface area contributed by atoms with Crippen LogP contribution in [-0.4, -0.2) is 0 Å². The molecule has 2 aromatic rings. The van der Waals surface area contributed by atoms with E-state index in [4.69, 9.17) is 10.5 Å². The highest BCUT2D eigenvalue weighted by molar-refractivity contribution is 5.50. The van der Waals surface area contributed by atoms with Gasteiger partial charge in [0.25, 0.3) is 0 Å². The number of anilines is 1. The fourth-order valence-electron chi connectivity index (χ4n) is 1.60. The summed E-state index contributed by atoms with van der Waals surface area (Å²) in [6, 6.07) is 5.99. The maximum Gasteiger partial charge on any atom is 0.167 e. The smallest absolute Gasteiger partial charge is 0.167 e. The average Bonchev–Trinajstić information content (AvgIpc) is 2.34. The second kappa shape index (κ2) is 5.22. The van der Waals surface area contributed by atoms with Gasteiger partial charge in [0.15, 0.2) is 11.6 Å². The minimum Gasteiger partial charge on any atom is -0.486 e. The minimum atomic E-state index is -0.729. The zero-order chi connectivity index (χ0) is 14.0. The van der Waals surface area contributed by atoms with Crippen LogP contribution in [0.25, 0.3) is 0 Å². The molecule has 0 aliphatic carbocycles. The quantitative estimate of drug-likeness (QED) is 0.863. The summed E-state index contributed by atoms with van der Waals surface area (Å²) < 4.78 is 45.4. The van der Waals surface area contributed by atoms with Crippen molar-refractivity contribution in [2.45, 2.75) is 13.5 Å². The molecule has 0 spiro atoms. The van der Waals surface area contributed by atoms with Crippen LogP contribution in [0.4, 0.5) is 18.9 Å². The average molecular weight is 267 g/mol. The van der Waals surface area contributed by atoms with Gasteiger partial charge >= 0.3 is 0 Å². The van der Waals surface area contributed by atoms with E-state index in [9.17, 15) is 13.2 Å². The van der Waals surface area contributed by atoms with Gasteiger partial charge in [0.05, 0.1) is 5.56 Å². The van der Waals surface area contributed by atoms with E-state index < -0.39 is 24.1 Å². The van der Waals surface area contributed by atoms with Crippen LogP contribution in [0.2, 0.25) is 0 Å². The van der Waals surface area contributed by atoms with E-state index in [-0.39, 0.29) is 11.3 Å². The van der Waals surface area contributed by atoms with Crippen LogP contribution in [0.1, 0.15) is 11.1 Å². The van der Waals surface area contributed by atoms with Crippen molar-refractivity contribution >= 4 is 5.69 Å². The summed E-state index contributed by atoms with van der Waals surface area (Å²) in [6.07, 6.45) is 0. The van der Waals surface area contributed by atoms with Gasteiger partial charge in [0, 0.05) is 11.8 Å². The molecule has 0 saturated heterocycles. The third kappa shape index (κ3) is 2.81. The van der Waals surface area contributed by atoms with Crippen LogP contribution in [0.5, 0.6) is 5.75 Å². The van der Waals surface area contributed by atoms with Crippen LogP contribution in [-0.2, 0) is 6.61 Å². The zero-order valence-corrected chi connectivity index (χ0v) is 10.2. The van der Waals surface area contributed by atoms with Gasteiger partial charge in [-0.2, -0.15) is 0 Å². The third-order valence-corrected chi connectivity index (χ3v) is 2.75. The normalized spacial score (nSPS) is 10.5. The van der Waals surface area contributed by atoms with E-state index >= 15 is 0 Å². The topological polar surface area (TPSA) is 35.2 Å². The molecule has 2 rings (SSSR count). The molecule has 2 nitrogen and oxygen atoms in total. The molecule has 0 saturated carbocycles. The summed E-state index contributed by atoms with van der Waals surface area (Å²) >= 11 is 0. The van der Waals surface area contributed by atoms with Crippen LogP contribution < -0.4 is 10.5 Å². The van der Waals surface area contributed by atoms with Crippen molar-refractivity contribution in [3.8, 4) is 5.75 Å². The molecule has 0 aromatic heterocycles. The Kier molecular flexibility index (Phi) is 3.64. The maximum atomic E-state index is 13.5. The summed E-state index contributed by atoms with van der Waals surface area (Å²) in [6.45, 7) is 1.30. The van der Waals surface area contributed by atoms with Gasteiger partial charge in [-0.25, -0.2) is 13.2 Å². The number of rotatable bonds is 3. The molecule has 100 valence electrons. The van der Waals surface area contributed by atoms with E-state index in [1.54, 1.807) is 6.92 Å². The Morgan fingerprint density at radius 1 is 1.05 bits per heavy atom. The summed E-state index contributed by atoms with van der Waals surface area (Å²) in [7, 11) is 0. The van der Waals surface area contributed by atoms with Crippen molar-refractivity contribution in [3.63, 3.8) is 0 Å². The van der Waals surface area contributed by atoms with Crippen LogP contribution >= 0.6 is 0 Å². The first kappa shape index (κ1) is 13.3. The highest BCUT2D eigenvalue weighted by Crippen LogP contribution is 2.25. The Labute approximate surface area is 108 Å². The fourth-order valence-corrected chi connectivity index (χ4v) is 1.60. The molecule has 0 aliphatic heterocycles. The number of hydrogen-bond donors (Lipinski definition) is 1. The molecule has 5 heteroatoms. The molecule has 0 aliphatic rings. The number of hydrogen-bond acceptors (Lipinski definition) is 2. The maximum absolute atomic E-state index is 13.5. The molecule has 2 aromatic carbocycles. The Balaban J connectivity index is 2.22. The van der Waals surface area contributed by atoms with Gasteiger partial charge in [0.2, 0.25) is 0 Å². The molecule has 0 bridgehead atoms. The van der Waals surface area contributed by atoms with E-state index in [1.165, 1.54) is 12.1 Å². The standard InChI is InChI=1S/C14H12F3NO/c1-8-5-14(12(17)6-13(8)18)19-7-9-10(15)3-2-4-11(9)16/h2-6H,7,18H2,1H3. The van der Waals surface area contributed by atoms with E-state index in [0.29, 0.717) is 11.3 Å². The molecular formula is C14H12F3NO. The second-order valence-electron chi connectivity index (χ2n) is 4.13. The lowest BCUT2D eigenvalue weighted by Crippen LogP contribution is -2.04. The number of halogens is 3. The minimum absolute atomic E-state index is 0.0886. The van der Waals surface area contributed by atoms with Crippen molar-refractivity contribution < 1.29 is 17.9 Å². The van der Waals surface area contributed by atoms with Gasteiger partial charge in [-0.3, -0.25) is 0 Å². The fraction of sp³-hybridized carbons (Fsp3) is 0.143. The van der Waals surface area contributed by atoms with Crippen LogP contribution in [0.15, 0.2) is 30.3 Å². The summed E-state index contributed by atoms with van der Waals surface area (Å²) in [5.74, 6) is -2.21. The van der Waals surface area contributed by atoms with Gasteiger partial charge in [-0.15, -0.1) is 0 Å². The summed E-state index contributed by atoms with van der Waals surface area (Å²) in [4.78, 5) is 0. The lowest BCUT2D eigenvalue weighted by atomic mass is 10.2. The molecule has 19 heavy (non-hydrogen) atoms. The van der Waals surface area contributed by atoms with Crippen LogP contribution in [0.3, 0.4) is 0 Å². The summed E-state index contributed by atoms with van der Waals surface area (Å²) in [5, 5.41) is 0. The molecule has 0 amide bonds. The van der Waals surface area contributed by atoms with E-state index in [2.05, 4.69) is 0 Å². The first-order chi connectivity index (χ1) is 8.99. The monoisotopic (exact) mass is 267 g/mol. The lowest BCUT2D eigenvalue weighted by molar-refractivity contribution is 0.278. The number of nitrogens with two attached hydrogens (primary N) is 1. The molecular weight excluding hydrogens is 255 g/mol. The highest BCUT2D eigenvalue weighted by Gasteiger charge is 2.11. The predicted molar refractivity (Wildman–Crippen MR) is 66.2 cm³/mol. The van der Waals surface area contributed by atoms with Gasteiger partial charge < -0.3 is 10.5 Å².